The second kappa shape index (κ2) is 54.2. The molecule has 0 saturated carbocycles. The van der Waals surface area contributed by atoms with Gasteiger partial charge in [0, 0.05) is 0 Å². The van der Waals surface area contributed by atoms with E-state index in [2.05, 4.69) is 43.5 Å². The van der Waals surface area contributed by atoms with Crippen molar-refractivity contribution in [2.24, 2.45) is 0 Å². The van der Waals surface area contributed by atoms with Crippen molar-refractivity contribution in [3.63, 3.8) is 0 Å². The number of unbranched alkanes of at least 4 members (excludes halogenated alkanes) is 41. The van der Waals surface area contributed by atoms with E-state index in [0.29, 0.717) is 12.8 Å². The summed E-state index contributed by atoms with van der Waals surface area (Å²) in [6.45, 7) is 3.47. The molecule has 0 aliphatic carbocycles. The second-order valence-electron chi connectivity index (χ2n) is 23.2. The first-order valence-corrected chi connectivity index (χ1v) is 32.7. The average molecular weight is 1080 g/mol. The Morgan fingerprint density at radius 3 is 1.13 bits per heavy atom. The Kier molecular flexibility index (Phi) is 51.8. The molecule has 1 aliphatic rings. The molecule has 11 heteroatoms. The molecule has 1 rings (SSSR count). The van der Waals surface area contributed by atoms with E-state index in [4.69, 9.17) is 9.47 Å². The molecule has 1 aliphatic heterocycles. The largest absolute Gasteiger partial charge is 0.394 e. The van der Waals surface area contributed by atoms with Crippen LogP contribution in [0.4, 0.5) is 0 Å². The first-order chi connectivity index (χ1) is 37.2. The van der Waals surface area contributed by atoms with Crippen LogP contribution in [-0.2, 0) is 14.3 Å². The van der Waals surface area contributed by atoms with Gasteiger partial charge in [-0.2, -0.15) is 0 Å². The predicted molar refractivity (Wildman–Crippen MR) is 316 cm³/mol. The third-order valence-corrected chi connectivity index (χ3v) is 16.0. The van der Waals surface area contributed by atoms with Crippen LogP contribution in [0.1, 0.15) is 316 Å². The highest BCUT2D eigenvalue weighted by molar-refractivity contribution is 5.80. The molecule has 1 amide bonds. The van der Waals surface area contributed by atoms with Crippen LogP contribution in [0.25, 0.3) is 0 Å². The maximum Gasteiger partial charge on any atom is 0.249 e. The van der Waals surface area contributed by atoms with Gasteiger partial charge in [-0.3, -0.25) is 4.79 Å². The van der Waals surface area contributed by atoms with Gasteiger partial charge in [0.2, 0.25) is 5.91 Å². The van der Waals surface area contributed by atoms with E-state index in [1.54, 1.807) is 0 Å². The fraction of sp³-hybridized carbons (Fsp3) is 0.923. The van der Waals surface area contributed by atoms with Gasteiger partial charge in [-0.15, -0.1) is 0 Å². The van der Waals surface area contributed by atoms with E-state index < -0.39 is 74.2 Å². The van der Waals surface area contributed by atoms with Crippen molar-refractivity contribution in [3.05, 3.63) is 24.3 Å². The average Bonchev–Trinajstić information content (AvgIpc) is 3.42. The topological polar surface area (TPSA) is 189 Å². The molecule has 1 saturated heterocycles. The zero-order valence-corrected chi connectivity index (χ0v) is 49.5. The van der Waals surface area contributed by atoms with Crippen LogP contribution in [0, 0.1) is 0 Å². The molecule has 1 heterocycles. The molecule has 0 aromatic rings. The number of rotatable bonds is 57. The number of ether oxygens (including phenoxy) is 2. The molecule has 0 aromatic carbocycles. The van der Waals surface area contributed by atoms with Crippen molar-refractivity contribution in [2.45, 2.75) is 371 Å². The van der Waals surface area contributed by atoms with E-state index in [1.807, 2.05) is 0 Å². The van der Waals surface area contributed by atoms with Crippen molar-refractivity contribution >= 4 is 5.91 Å². The number of allylic oxidation sites excluding steroid dienone is 4. The normalized spacial score (nSPS) is 19.7. The monoisotopic (exact) mass is 1080 g/mol. The van der Waals surface area contributed by atoms with Gasteiger partial charge in [0.15, 0.2) is 6.29 Å². The Hall–Kier alpha value is -1.41. The molecule has 76 heavy (non-hydrogen) atoms. The van der Waals surface area contributed by atoms with E-state index in [0.717, 1.165) is 51.4 Å². The molecule has 0 bridgehead atoms. The smallest absolute Gasteiger partial charge is 0.249 e. The van der Waals surface area contributed by atoms with Crippen LogP contribution in [0.3, 0.4) is 0 Å². The lowest BCUT2D eigenvalue weighted by Crippen LogP contribution is -2.60. The summed E-state index contributed by atoms with van der Waals surface area (Å²) in [4.78, 5) is 13.2. The molecule has 9 atom stereocenters. The number of aliphatic hydroxyl groups is 7. The molecule has 8 N–H and O–H groups in total. The highest BCUT2D eigenvalue weighted by atomic mass is 16.7. The molecule has 0 spiro atoms. The summed E-state index contributed by atoms with van der Waals surface area (Å²) in [5.74, 6) is -0.711. The lowest BCUT2D eigenvalue weighted by atomic mass is 9.98. The molecule has 0 radical (unpaired) electrons. The van der Waals surface area contributed by atoms with Gasteiger partial charge in [-0.1, -0.05) is 276 Å². The van der Waals surface area contributed by atoms with Gasteiger partial charge in [0.25, 0.3) is 0 Å². The molecule has 9 unspecified atom stereocenters. The summed E-state index contributed by atoms with van der Waals surface area (Å²) in [6.07, 6.45) is 55.5. The van der Waals surface area contributed by atoms with Crippen LogP contribution in [0.2, 0.25) is 0 Å². The SMILES string of the molecule is CCCCCCCCCCC/C=C\CCCCCCC(O)C(=O)NC(COC1OC(CO)C(O)C(O)C1O)C(O)C(O)CCC/C=C/CCCCCCCCCCCCCCCCCCCCCCCCCCCCC. The summed E-state index contributed by atoms with van der Waals surface area (Å²) in [5.41, 5.74) is 0. The van der Waals surface area contributed by atoms with Crippen LogP contribution < -0.4 is 5.32 Å². The summed E-state index contributed by atoms with van der Waals surface area (Å²) in [5, 5.41) is 76.2. The molecule has 0 aromatic heterocycles. The highest BCUT2D eigenvalue weighted by Gasteiger charge is 2.44. The summed E-state index contributed by atoms with van der Waals surface area (Å²) in [7, 11) is 0. The van der Waals surface area contributed by atoms with Crippen molar-refractivity contribution in [1.29, 1.82) is 0 Å². The Morgan fingerprint density at radius 1 is 0.447 bits per heavy atom. The van der Waals surface area contributed by atoms with Crippen LogP contribution >= 0.6 is 0 Å². The fourth-order valence-electron chi connectivity index (χ4n) is 10.7. The number of carbonyl (C=O) groups excluding carboxylic acids is 1. The lowest BCUT2D eigenvalue weighted by Gasteiger charge is -2.40. The Labute approximate surface area is 467 Å². The van der Waals surface area contributed by atoms with Crippen LogP contribution in [0.15, 0.2) is 24.3 Å². The van der Waals surface area contributed by atoms with E-state index in [1.165, 1.54) is 225 Å². The fourth-order valence-corrected chi connectivity index (χ4v) is 10.7. The highest BCUT2D eigenvalue weighted by Crippen LogP contribution is 2.24. The van der Waals surface area contributed by atoms with E-state index in [9.17, 15) is 40.5 Å². The molecular formula is C65H125NO10. The van der Waals surface area contributed by atoms with Crippen LogP contribution in [0.5, 0.6) is 0 Å². The molecule has 11 nitrogen and oxygen atoms in total. The number of hydrogen-bond acceptors (Lipinski definition) is 10. The van der Waals surface area contributed by atoms with Gasteiger partial charge in [-0.05, 0) is 64.2 Å². The van der Waals surface area contributed by atoms with Crippen molar-refractivity contribution < 1.29 is 50.0 Å². The number of amides is 1. The second-order valence-corrected chi connectivity index (χ2v) is 23.2. The quantitative estimate of drug-likeness (QED) is 0.0215. The zero-order chi connectivity index (χ0) is 55.4. The van der Waals surface area contributed by atoms with Gasteiger partial charge in [0.05, 0.1) is 25.4 Å². The predicted octanol–water partition coefficient (Wildman–Crippen LogP) is 14.9. The molecule has 450 valence electrons. The van der Waals surface area contributed by atoms with E-state index >= 15 is 0 Å². The van der Waals surface area contributed by atoms with Crippen LogP contribution in [-0.4, -0.2) is 110 Å². The molecular weight excluding hydrogens is 955 g/mol. The van der Waals surface area contributed by atoms with Crippen molar-refractivity contribution in [1.82, 2.24) is 5.32 Å². The Balaban J connectivity index is 2.22. The van der Waals surface area contributed by atoms with Gasteiger partial charge >= 0.3 is 0 Å². The maximum atomic E-state index is 13.2. The first kappa shape index (κ1) is 72.6. The standard InChI is InChI=1S/C65H125NO10/c1-3-5-7-9-11-13-15-17-19-21-22-23-24-25-26-27-28-29-30-31-32-33-34-35-37-38-40-42-44-46-48-50-52-57(68)60(70)56(55-75-65-63(73)62(72)61(71)59(54-67)76-65)66-64(74)58(69)53-51-49-47-45-43-41-39-36-20-18-16-14-12-10-8-6-4-2/h39,41,44,46,56-63,65,67-73H,3-38,40,42-43,45,47-55H2,1-2H3,(H,66,74)/b41-39-,46-44+. The maximum absolute atomic E-state index is 13.2. The van der Waals surface area contributed by atoms with Crippen molar-refractivity contribution in [3.8, 4) is 0 Å². The third kappa shape index (κ3) is 41.6. The Morgan fingerprint density at radius 2 is 0.776 bits per heavy atom. The minimum Gasteiger partial charge on any atom is -0.394 e. The lowest BCUT2D eigenvalue weighted by molar-refractivity contribution is -0.303. The number of hydrogen-bond donors (Lipinski definition) is 8. The Bertz CT molecular complexity index is 1280. The zero-order valence-electron chi connectivity index (χ0n) is 49.5. The van der Waals surface area contributed by atoms with Gasteiger partial charge < -0.3 is 50.5 Å². The summed E-state index contributed by atoms with van der Waals surface area (Å²) >= 11 is 0. The summed E-state index contributed by atoms with van der Waals surface area (Å²) in [6, 6.07) is -1.19. The number of aliphatic hydroxyl groups excluding tert-OH is 7. The van der Waals surface area contributed by atoms with Gasteiger partial charge in [0.1, 0.15) is 36.6 Å². The third-order valence-electron chi connectivity index (χ3n) is 16.0. The summed E-state index contributed by atoms with van der Waals surface area (Å²) < 4.78 is 11.1. The van der Waals surface area contributed by atoms with Crippen molar-refractivity contribution in [2.75, 3.05) is 13.2 Å². The van der Waals surface area contributed by atoms with E-state index in [-0.39, 0.29) is 12.8 Å². The first-order valence-electron chi connectivity index (χ1n) is 32.7. The van der Waals surface area contributed by atoms with Gasteiger partial charge in [-0.25, -0.2) is 0 Å². The molecule has 1 fully saturated rings. The number of carbonyl (C=O) groups is 1. The minimum atomic E-state index is -1.67. The minimum absolute atomic E-state index is 0.241. The number of nitrogens with one attached hydrogen (secondary N) is 1.